The van der Waals surface area contributed by atoms with Gasteiger partial charge in [0, 0.05) is 13.1 Å². The van der Waals surface area contributed by atoms with Crippen molar-refractivity contribution in [2.24, 2.45) is 0 Å². The highest BCUT2D eigenvalue weighted by Gasteiger charge is 2.27. The normalized spacial score (nSPS) is 14.4. The minimum Gasteiger partial charge on any atom is -0.383 e. The van der Waals surface area contributed by atoms with E-state index in [-0.39, 0.29) is 5.91 Å². The SMILES string of the molecule is Nc1c(-c2ccccc2)c(C(=O)N2CCCCC2)nn1-c1ccccc1. The number of para-hydroxylation sites is 1. The van der Waals surface area contributed by atoms with Crippen LogP contribution >= 0.6 is 0 Å². The molecule has 0 aliphatic carbocycles. The number of rotatable bonds is 3. The lowest BCUT2D eigenvalue weighted by Crippen LogP contribution is -2.36. The van der Waals surface area contributed by atoms with Crippen LogP contribution in [-0.4, -0.2) is 33.7 Å². The summed E-state index contributed by atoms with van der Waals surface area (Å²) in [5.41, 5.74) is 9.37. The van der Waals surface area contributed by atoms with Gasteiger partial charge in [0.15, 0.2) is 5.69 Å². The molecule has 3 aromatic rings. The van der Waals surface area contributed by atoms with E-state index in [2.05, 4.69) is 5.10 Å². The van der Waals surface area contributed by atoms with Gasteiger partial charge >= 0.3 is 0 Å². The van der Waals surface area contributed by atoms with Gasteiger partial charge in [0.2, 0.25) is 0 Å². The Bertz CT molecular complexity index is 897. The van der Waals surface area contributed by atoms with Gasteiger partial charge in [-0.3, -0.25) is 4.79 Å². The van der Waals surface area contributed by atoms with Crippen LogP contribution in [0, 0.1) is 0 Å². The van der Waals surface area contributed by atoms with Gasteiger partial charge < -0.3 is 10.6 Å². The molecule has 5 nitrogen and oxygen atoms in total. The van der Waals surface area contributed by atoms with Gasteiger partial charge in [0.05, 0.1) is 11.3 Å². The summed E-state index contributed by atoms with van der Waals surface area (Å²) in [5, 5.41) is 4.63. The number of piperidine rings is 1. The van der Waals surface area contributed by atoms with Crippen LogP contribution in [0.4, 0.5) is 5.82 Å². The van der Waals surface area contributed by atoms with Crippen molar-refractivity contribution >= 4 is 11.7 Å². The lowest BCUT2D eigenvalue weighted by molar-refractivity contribution is 0.0718. The minimum atomic E-state index is -0.0371. The summed E-state index contributed by atoms with van der Waals surface area (Å²) in [6, 6.07) is 19.5. The van der Waals surface area contributed by atoms with Crippen molar-refractivity contribution in [1.29, 1.82) is 0 Å². The molecule has 0 spiro atoms. The van der Waals surface area contributed by atoms with Crippen molar-refractivity contribution < 1.29 is 4.79 Å². The second kappa shape index (κ2) is 7.04. The van der Waals surface area contributed by atoms with Crippen LogP contribution in [-0.2, 0) is 0 Å². The first-order valence-electron chi connectivity index (χ1n) is 9.04. The topological polar surface area (TPSA) is 64.2 Å². The fraction of sp³-hybridized carbons (Fsp3) is 0.238. The molecule has 1 fully saturated rings. The monoisotopic (exact) mass is 346 g/mol. The van der Waals surface area contributed by atoms with Gasteiger partial charge in [-0.25, -0.2) is 4.68 Å². The number of nitrogens with zero attached hydrogens (tertiary/aromatic N) is 3. The summed E-state index contributed by atoms with van der Waals surface area (Å²) in [5.74, 6) is 0.452. The van der Waals surface area contributed by atoms with Crippen LogP contribution in [0.25, 0.3) is 16.8 Å². The van der Waals surface area contributed by atoms with E-state index in [1.54, 1.807) is 4.68 Å². The number of amides is 1. The molecule has 0 bridgehead atoms. The largest absolute Gasteiger partial charge is 0.383 e. The van der Waals surface area contributed by atoms with E-state index >= 15 is 0 Å². The molecule has 0 radical (unpaired) electrons. The molecule has 0 atom stereocenters. The molecule has 5 heteroatoms. The molecule has 1 aliphatic rings. The number of nitrogen functional groups attached to an aromatic ring is 1. The minimum absolute atomic E-state index is 0.0371. The molecule has 2 aromatic carbocycles. The Morgan fingerprint density at radius 2 is 1.50 bits per heavy atom. The zero-order valence-corrected chi connectivity index (χ0v) is 14.6. The van der Waals surface area contributed by atoms with Crippen LogP contribution < -0.4 is 5.73 Å². The third kappa shape index (κ3) is 2.96. The van der Waals surface area contributed by atoms with Gasteiger partial charge in [-0.15, -0.1) is 0 Å². The predicted octanol–water partition coefficient (Wildman–Crippen LogP) is 3.75. The van der Waals surface area contributed by atoms with E-state index in [9.17, 15) is 4.79 Å². The molecule has 2 heterocycles. The second-order valence-corrected chi connectivity index (χ2v) is 6.58. The first-order chi connectivity index (χ1) is 12.8. The lowest BCUT2D eigenvalue weighted by Gasteiger charge is -2.26. The van der Waals surface area contributed by atoms with Gasteiger partial charge in [-0.05, 0) is 37.0 Å². The Labute approximate surface area is 153 Å². The Kier molecular flexibility index (Phi) is 4.44. The van der Waals surface area contributed by atoms with Crippen molar-refractivity contribution in [3.63, 3.8) is 0 Å². The molecule has 4 rings (SSSR count). The highest BCUT2D eigenvalue weighted by molar-refractivity contribution is 6.02. The summed E-state index contributed by atoms with van der Waals surface area (Å²) < 4.78 is 1.67. The molecule has 1 saturated heterocycles. The average Bonchev–Trinajstić information content (AvgIpc) is 3.06. The fourth-order valence-electron chi connectivity index (χ4n) is 3.48. The van der Waals surface area contributed by atoms with E-state index in [1.165, 1.54) is 6.42 Å². The number of anilines is 1. The first kappa shape index (κ1) is 16.4. The molecule has 1 aliphatic heterocycles. The third-order valence-electron chi connectivity index (χ3n) is 4.83. The highest BCUT2D eigenvalue weighted by Crippen LogP contribution is 2.32. The summed E-state index contributed by atoms with van der Waals surface area (Å²) in [7, 11) is 0. The van der Waals surface area contributed by atoms with Gasteiger partial charge in [0.1, 0.15) is 5.82 Å². The van der Waals surface area contributed by atoms with Crippen LogP contribution in [0.3, 0.4) is 0 Å². The average molecular weight is 346 g/mol. The number of benzene rings is 2. The van der Waals surface area contributed by atoms with Crippen LogP contribution in [0.2, 0.25) is 0 Å². The molecular formula is C21H22N4O. The van der Waals surface area contributed by atoms with Crippen molar-refractivity contribution in [2.45, 2.75) is 19.3 Å². The Morgan fingerprint density at radius 3 is 2.15 bits per heavy atom. The first-order valence-corrected chi connectivity index (χ1v) is 9.04. The molecule has 0 saturated carbocycles. The van der Waals surface area contributed by atoms with E-state index < -0.39 is 0 Å². The Balaban J connectivity index is 1.85. The molecule has 2 N–H and O–H groups in total. The maximum Gasteiger partial charge on any atom is 0.275 e. The molecule has 132 valence electrons. The number of hydrogen-bond acceptors (Lipinski definition) is 3. The summed E-state index contributed by atoms with van der Waals surface area (Å²) in [6.45, 7) is 1.57. The number of nitrogens with two attached hydrogens (primary N) is 1. The van der Waals surface area contributed by atoms with Gasteiger partial charge in [-0.1, -0.05) is 48.5 Å². The third-order valence-corrected chi connectivity index (χ3v) is 4.83. The van der Waals surface area contributed by atoms with Crippen LogP contribution in [0.1, 0.15) is 29.8 Å². The van der Waals surface area contributed by atoms with E-state index in [0.717, 1.165) is 37.2 Å². The number of likely N-dealkylation sites (tertiary alicyclic amines) is 1. The second-order valence-electron chi connectivity index (χ2n) is 6.58. The lowest BCUT2D eigenvalue weighted by atomic mass is 10.0. The molecule has 1 aromatic heterocycles. The smallest absolute Gasteiger partial charge is 0.275 e. The highest BCUT2D eigenvalue weighted by atomic mass is 16.2. The summed E-state index contributed by atoms with van der Waals surface area (Å²) >= 11 is 0. The quantitative estimate of drug-likeness (QED) is 0.785. The summed E-state index contributed by atoms with van der Waals surface area (Å²) in [6.07, 6.45) is 3.26. The van der Waals surface area contributed by atoms with E-state index in [1.807, 2.05) is 65.6 Å². The van der Waals surface area contributed by atoms with Crippen LogP contribution in [0.15, 0.2) is 60.7 Å². The molecule has 1 amide bonds. The molecule has 26 heavy (non-hydrogen) atoms. The fourth-order valence-corrected chi connectivity index (χ4v) is 3.48. The molecule has 0 unspecified atom stereocenters. The van der Waals surface area contributed by atoms with E-state index in [4.69, 9.17) is 5.73 Å². The standard InChI is InChI=1S/C21H22N4O/c22-20-18(16-10-4-1-5-11-16)19(21(26)24-14-8-3-9-15-24)23-25(20)17-12-6-2-7-13-17/h1-2,4-7,10-13H,3,8-9,14-15,22H2. The maximum atomic E-state index is 13.2. The Morgan fingerprint density at radius 1 is 0.885 bits per heavy atom. The zero-order valence-electron chi connectivity index (χ0n) is 14.6. The molecular weight excluding hydrogens is 324 g/mol. The number of aromatic nitrogens is 2. The number of carbonyl (C=O) groups excluding carboxylic acids is 1. The Hall–Kier alpha value is -3.08. The van der Waals surface area contributed by atoms with Crippen molar-refractivity contribution in [3.05, 3.63) is 66.4 Å². The van der Waals surface area contributed by atoms with Gasteiger partial charge in [0.25, 0.3) is 5.91 Å². The zero-order chi connectivity index (χ0) is 17.9. The van der Waals surface area contributed by atoms with Gasteiger partial charge in [-0.2, -0.15) is 5.10 Å². The van der Waals surface area contributed by atoms with E-state index in [0.29, 0.717) is 17.1 Å². The van der Waals surface area contributed by atoms with Crippen molar-refractivity contribution in [3.8, 4) is 16.8 Å². The van der Waals surface area contributed by atoms with Crippen molar-refractivity contribution in [1.82, 2.24) is 14.7 Å². The van der Waals surface area contributed by atoms with Crippen LogP contribution in [0.5, 0.6) is 0 Å². The number of carbonyl (C=O) groups is 1. The van der Waals surface area contributed by atoms with Crippen molar-refractivity contribution in [2.75, 3.05) is 18.8 Å². The maximum absolute atomic E-state index is 13.2. The number of hydrogen-bond donors (Lipinski definition) is 1. The predicted molar refractivity (Wildman–Crippen MR) is 103 cm³/mol. The summed E-state index contributed by atoms with van der Waals surface area (Å²) in [4.78, 5) is 15.1.